The molecule has 0 spiro atoms. The molecule has 1 saturated heterocycles. The van der Waals surface area contributed by atoms with Crippen LogP contribution in [0.1, 0.15) is 24.1 Å². The predicted octanol–water partition coefficient (Wildman–Crippen LogP) is 1.35. The van der Waals surface area contributed by atoms with Gasteiger partial charge in [0.1, 0.15) is 17.3 Å². The number of aromatic nitrogens is 1. The van der Waals surface area contributed by atoms with Gasteiger partial charge in [-0.05, 0) is 25.0 Å². The van der Waals surface area contributed by atoms with Crippen molar-refractivity contribution in [3.8, 4) is 0 Å². The van der Waals surface area contributed by atoms with E-state index in [1.54, 1.807) is 4.90 Å². The Morgan fingerprint density at radius 1 is 1.50 bits per heavy atom. The van der Waals surface area contributed by atoms with E-state index in [4.69, 9.17) is 11.1 Å². The summed E-state index contributed by atoms with van der Waals surface area (Å²) in [4.78, 5) is 5.20. The number of hydrogen-bond donors (Lipinski definition) is 3. The first-order valence-electron chi connectivity index (χ1n) is 6.14. The molecule has 1 atom stereocenters. The van der Waals surface area contributed by atoms with Gasteiger partial charge in [-0.3, -0.25) is 5.41 Å². The van der Waals surface area contributed by atoms with Gasteiger partial charge in [0.25, 0.3) is 0 Å². The van der Waals surface area contributed by atoms with Gasteiger partial charge in [0.2, 0.25) is 0 Å². The van der Waals surface area contributed by atoms with Gasteiger partial charge in [-0.1, -0.05) is 0 Å². The lowest BCUT2D eigenvalue weighted by Crippen LogP contribution is -2.35. The van der Waals surface area contributed by atoms with Crippen LogP contribution >= 0.6 is 0 Å². The SMILES string of the molecule is N=C(N)c1ccc(C(F)(F)F)nc1N1CCCC1CO. The zero-order valence-corrected chi connectivity index (χ0v) is 10.6. The highest BCUT2D eigenvalue weighted by Crippen LogP contribution is 2.32. The maximum Gasteiger partial charge on any atom is 0.433 e. The first kappa shape index (κ1) is 14.6. The van der Waals surface area contributed by atoms with Crippen LogP contribution in [0.4, 0.5) is 19.0 Å². The maximum atomic E-state index is 12.8. The number of nitrogen functional groups attached to an aromatic ring is 1. The lowest BCUT2D eigenvalue weighted by atomic mass is 10.1. The van der Waals surface area contributed by atoms with Crippen LogP contribution in [0.25, 0.3) is 0 Å². The molecule has 1 aliphatic heterocycles. The third-order valence-corrected chi connectivity index (χ3v) is 3.32. The summed E-state index contributed by atoms with van der Waals surface area (Å²) < 4.78 is 38.3. The van der Waals surface area contributed by atoms with Crippen molar-refractivity contribution in [1.29, 1.82) is 5.41 Å². The molecule has 4 N–H and O–H groups in total. The Labute approximate surface area is 113 Å². The zero-order valence-electron chi connectivity index (χ0n) is 10.6. The first-order chi connectivity index (χ1) is 9.34. The van der Waals surface area contributed by atoms with Gasteiger partial charge in [-0.25, -0.2) is 4.98 Å². The summed E-state index contributed by atoms with van der Waals surface area (Å²) in [5.74, 6) is -0.325. The molecule has 2 rings (SSSR count). The van der Waals surface area contributed by atoms with Crippen molar-refractivity contribution in [3.05, 3.63) is 23.4 Å². The molecule has 1 aromatic rings. The highest BCUT2D eigenvalue weighted by Gasteiger charge is 2.35. The summed E-state index contributed by atoms with van der Waals surface area (Å²) in [6.07, 6.45) is -3.13. The molecule has 0 radical (unpaired) electrons. The number of nitrogens with zero attached hydrogens (tertiary/aromatic N) is 2. The van der Waals surface area contributed by atoms with E-state index >= 15 is 0 Å². The second kappa shape index (κ2) is 5.28. The Kier molecular flexibility index (Phi) is 3.85. The molecule has 8 heteroatoms. The van der Waals surface area contributed by atoms with E-state index in [1.165, 1.54) is 0 Å². The highest BCUT2D eigenvalue weighted by molar-refractivity contribution is 5.99. The van der Waals surface area contributed by atoms with Crippen molar-refractivity contribution in [1.82, 2.24) is 4.98 Å². The topological polar surface area (TPSA) is 86.2 Å². The lowest BCUT2D eigenvalue weighted by molar-refractivity contribution is -0.141. The smallest absolute Gasteiger partial charge is 0.394 e. The van der Waals surface area contributed by atoms with E-state index in [9.17, 15) is 18.3 Å². The number of anilines is 1. The lowest BCUT2D eigenvalue weighted by Gasteiger charge is -2.26. The van der Waals surface area contributed by atoms with Crippen LogP contribution in [0, 0.1) is 5.41 Å². The number of nitrogens with one attached hydrogen (secondary N) is 1. The molecule has 0 amide bonds. The van der Waals surface area contributed by atoms with Gasteiger partial charge in [0.05, 0.1) is 18.2 Å². The average molecular weight is 288 g/mol. The van der Waals surface area contributed by atoms with E-state index in [0.29, 0.717) is 13.0 Å². The molecule has 0 aromatic carbocycles. The third kappa shape index (κ3) is 2.69. The Bertz CT molecular complexity index is 518. The van der Waals surface area contributed by atoms with Gasteiger partial charge in [-0.15, -0.1) is 0 Å². The van der Waals surface area contributed by atoms with Crippen LogP contribution < -0.4 is 10.6 Å². The molecule has 20 heavy (non-hydrogen) atoms. The summed E-state index contributed by atoms with van der Waals surface area (Å²) in [5.41, 5.74) is 4.53. The van der Waals surface area contributed by atoms with E-state index in [-0.39, 0.29) is 29.9 Å². The second-order valence-electron chi connectivity index (χ2n) is 4.65. The van der Waals surface area contributed by atoms with Crippen LogP contribution in [0.5, 0.6) is 0 Å². The van der Waals surface area contributed by atoms with Crippen LogP contribution in [0.2, 0.25) is 0 Å². The summed E-state index contributed by atoms with van der Waals surface area (Å²) in [5, 5.41) is 16.7. The molecular weight excluding hydrogens is 273 g/mol. The molecule has 0 aliphatic carbocycles. The molecule has 2 heterocycles. The first-order valence-corrected chi connectivity index (χ1v) is 6.14. The summed E-state index contributed by atoms with van der Waals surface area (Å²) in [6.45, 7) is 0.315. The molecule has 0 saturated carbocycles. The van der Waals surface area contributed by atoms with Crippen LogP contribution in [-0.4, -0.2) is 35.1 Å². The number of aliphatic hydroxyl groups is 1. The number of amidine groups is 1. The number of hydrogen-bond acceptors (Lipinski definition) is 4. The maximum absolute atomic E-state index is 12.8. The molecule has 1 fully saturated rings. The van der Waals surface area contributed by atoms with Crippen molar-refractivity contribution in [2.75, 3.05) is 18.1 Å². The molecule has 110 valence electrons. The molecule has 1 aromatic heterocycles. The zero-order chi connectivity index (χ0) is 14.9. The van der Waals surface area contributed by atoms with Gasteiger partial charge < -0.3 is 15.7 Å². The number of alkyl halides is 3. The van der Waals surface area contributed by atoms with Crippen molar-refractivity contribution >= 4 is 11.7 Å². The standard InChI is InChI=1S/C12H15F3N4O/c13-12(14,15)9-4-3-8(10(16)17)11(18-9)19-5-1-2-7(19)6-20/h3-4,7,20H,1-2,5-6H2,(H3,16,17). The van der Waals surface area contributed by atoms with Crippen molar-refractivity contribution in [2.24, 2.45) is 5.73 Å². The number of aliphatic hydroxyl groups excluding tert-OH is 1. The van der Waals surface area contributed by atoms with E-state index in [0.717, 1.165) is 18.6 Å². The Morgan fingerprint density at radius 2 is 2.20 bits per heavy atom. The van der Waals surface area contributed by atoms with Crippen molar-refractivity contribution in [3.63, 3.8) is 0 Å². The molecule has 5 nitrogen and oxygen atoms in total. The number of rotatable bonds is 3. The minimum atomic E-state index is -4.56. The number of halogens is 3. The summed E-state index contributed by atoms with van der Waals surface area (Å²) >= 11 is 0. The fourth-order valence-corrected chi connectivity index (χ4v) is 2.34. The van der Waals surface area contributed by atoms with Gasteiger partial charge in [0.15, 0.2) is 0 Å². The third-order valence-electron chi connectivity index (χ3n) is 3.32. The molecular formula is C12H15F3N4O. The monoisotopic (exact) mass is 288 g/mol. The summed E-state index contributed by atoms with van der Waals surface area (Å²) in [7, 11) is 0. The Morgan fingerprint density at radius 3 is 2.75 bits per heavy atom. The van der Waals surface area contributed by atoms with Crippen molar-refractivity contribution < 1.29 is 18.3 Å². The minimum Gasteiger partial charge on any atom is -0.394 e. The van der Waals surface area contributed by atoms with Crippen LogP contribution in [0.3, 0.4) is 0 Å². The summed E-state index contributed by atoms with van der Waals surface area (Å²) in [6, 6.07) is 1.67. The largest absolute Gasteiger partial charge is 0.433 e. The van der Waals surface area contributed by atoms with Gasteiger partial charge in [0, 0.05) is 6.54 Å². The minimum absolute atomic E-state index is 0.0175. The number of nitrogens with two attached hydrogens (primary N) is 1. The number of pyridine rings is 1. The molecule has 1 unspecified atom stereocenters. The van der Waals surface area contributed by atoms with Crippen molar-refractivity contribution in [2.45, 2.75) is 25.1 Å². The predicted molar refractivity (Wildman–Crippen MR) is 67.7 cm³/mol. The Balaban J connectivity index is 2.50. The van der Waals surface area contributed by atoms with Gasteiger partial charge in [-0.2, -0.15) is 13.2 Å². The second-order valence-corrected chi connectivity index (χ2v) is 4.65. The fraction of sp³-hybridized carbons (Fsp3) is 0.500. The molecule has 0 bridgehead atoms. The highest BCUT2D eigenvalue weighted by atomic mass is 19.4. The van der Waals surface area contributed by atoms with E-state index < -0.39 is 11.9 Å². The van der Waals surface area contributed by atoms with E-state index in [2.05, 4.69) is 4.98 Å². The Hall–Kier alpha value is -1.83. The van der Waals surface area contributed by atoms with Gasteiger partial charge >= 0.3 is 6.18 Å². The van der Waals surface area contributed by atoms with Crippen LogP contribution in [0.15, 0.2) is 12.1 Å². The fourth-order valence-electron chi connectivity index (χ4n) is 2.34. The average Bonchev–Trinajstić information content (AvgIpc) is 2.84. The normalized spacial score (nSPS) is 19.4. The van der Waals surface area contributed by atoms with E-state index in [1.807, 2.05) is 0 Å². The molecule has 1 aliphatic rings. The van der Waals surface area contributed by atoms with Crippen LogP contribution in [-0.2, 0) is 6.18 Å². The quantitative estimate of drug-likeness (QED) is 0.579.